The van der Waals surface area contributed by atoms with Crippen molar-refractivity contribution in [2.24, 2.45) is 0 Å². The standard InChI is InChI=1S/C24H31F2N3O3S/c1-14-15(2)17(4)22(18(5)16(14)3)33(31,32)29-24(8-10-27-11-9-24)23(30)28-13-19-6-7-20(25)12-21(19)26/h6-7,12,27,29H,8-11,13H2,1-5H3,(H,28,30). The van der Waals surface area contributed by atoms with Crippen LogP contribution in [0, 0.1) is 46.3 Å². The molecule has 0 aromatic heterocycles. The number of hydrogen-bond acceptors (Lipinski definition) is 4. The van der Waals surface area contributed by atoms with Crippen molar-refractivity contribution in [2.75, 3.05) is 13.1 Å². The van der Waals surface area contributed by atoms with Crippen molar-refractivity contribution in [3.05, 3.63) is 63.2 Å². The molecule has 1 saturated heterocycles. The lowest BCUT2D eigenvalue weighted by Crippen LogP contribution is -2.62. The van der Waals surface area contributed by atoms with E-state index in [0.717, 1.165) is 28.8 Å². The molecule has 0 unspecified atom stereocenters. The SMILES string of the molecule is Cc1c(C)c(C)c(S(=O)(=O)NC2(C(=O)NCc3ccc(F)cc3F)CCNCC2)c(C)c1C. The van der Waals surface area contributed by atoms with Gasteiger partial charge in [-0.1, -0.05) is 6.07 Å². The Morgan fingerprint density at radius 3 is 2.06 bits per heavy atom. The van der Waals surface area contributed by atoms with Crippen molar-refractivity contribution >= 4 is 15.9 Å². The molecule has 180 valence electrons. The molecule has 9 heteroatoms. The zero-order valence-electron chi connectivity index (χ0n) is 19.7. The van der Waals surface area contributed by atoms with E-state index < -0.39 is 33.1 Å². The lowest BCUT2D eigenvalue weighted by Gasteiger charge is -2.37. The number of piperidine rings is 1. The maximum Gasteiger partial charge on any atom is 0.242 e. The van der Waals surface area contributed by atoms with Gasteiger partial charge in [-0.3, -0.25) is 4.79 Å². The molecule has 3 rings (SSSR count). The van der Waals surface area contributed by atoms with Crippen LogP contribution >= 0.6 is 0 Å². The van der Waals surface area contributed by atoms with Gasteiger partial charge in [0.1, 0.15) is 17.2 Å². The van der Waals surface area contributed by atoms with Gasteiger partial charge in [0.05, 0.1) is 4.90 Å². The molecule has 0 spiro atoms. The third-order valence-corrected chi connectivity index (χ3v) is 8.69. The molecule has 0 saturated carbocycles. The smallest absolute Gasteiger partial charge is 0.242 e. The number of carbonyl (C=O) groups is 1. The molecule has 1 fully saturated rings. The largest absolute Gasteiger partial charge is 0.350 e. The fraction of sp³-hybridized carbons (Fsp3) is 0.458. The molecular formula is C24H31F2N3O3S. The summed E-state index contributed by atoms with van der Waals surface area (Å²) in [6, 6.07) is 3.12. The number of benzene rings is 2. The van der Waals surface area contributed by atoms with Gasteiger partial charge in [-0.05, 0) is 94.4 Å². The van der Waals surface area contributed by atoms with Crippen LogP contribution in [0.5, 0.6) is 0 Å². The highest BCUT2D eigenvalue weighted by molar-refractivity contribution is 7.89. The fourth-order valence-corrected chi connectivity index (χ4v) is 6.44. The molecule has 2 aromatic carbocycles. The van der Waals surface area contributed by atoms with Crippen LogP contribution in [0.4, 0.5) is 8.78 Å². The number of nitrogens with one attached hydrogen (secondary N) is 3. The van der Waals surface area contributed by atoms with E-state index in [1.54, 1.807) is 13.8 Å². The average Bonchev–Trinajstić information content (AvgIpc) is 2.75. The number of sulfonamides is 1. The van der Waals surface area contributed by atoms with Crippen LogP contribution < -0.4 is 15.4 Å². The van der Waals surface area contributed by atoms with Gasteiger partial charge >= 0.3 is 0 Å². The zero-order valence-corrected chi connectivity index (χ0v) is 20.5. The minimum absolute atomic E-state index is 0.119. The van der Waals surface area contributed by atoms with Crippen molar-refractivity contribution in [1.82, 2.24) is 15.4 Å². The van der Waals surface area contributed by atoms with Gasteiger partial charge in [-0.2, -0.15) is 4.72 Å². The lowest BCUT2D eigenvalue weighted by molar-refractivity contribution is -0.128. The molecule has 33 heavy (non-hydrogen) atoms. The van der Waals surface area contributed by atoms with E-state index in [9.17, 15) is 22.0 Å². The van der Waals surface area contributed by atoms with Gasteiger partial charge < -0.3 is 10.6 Å². The molecule has 2 aromatic rings. The molecule has 1 heterocycles. The van der Waals surface area contributed by atoms with Gasteiger partial charge in [0.25, 0.3) is 0 Å². The Balaban J connectivity index is 1.94. The van der Waals surface area contributed by atoms with E-state index in [2.05, 4.69) is 15.4 Å². The summed E-state index contributed by atoms with van der Waals surface area (Å²) in [5, 5.41) is 5.79. The van der Waals surface area contributed by atoms with E-state index in [1.807, 2.05) is 20.8 Å². The third-order valence-electron chi connectivity index (χ3n) is 6.88. The number of amides is 1. The van der Waals surface area contributed by atoms with Gasteiger partial charge in [0.2, 0.25) is 15.9 Å². The summed E-state index contributed by atoms with van der Waals surface area (Å²) in [4.78, 5) is 13.5. The molecule has 0 radical (unpaired) electrons. The van der Waals surface area contributed by atoms with Crippen LogP contribution in [0.2, 0.25) is 0 Å². The Morgan fingerprint density at radius 1 is 0.970 bits per heavy atom. The second-order valence-electron chi connectivity index (χ2n) is 8.81. The van der Waals surface area contributed by atoms with E-state index in [-0.39, 0.29) is 29.8 Å². The first kappa shape index (κ1) is 25.3. The highest BCUT2D eigenvalue weighted by atomic mass is 32.2. The highest BCUT2D eigenvalue weighted by Crippen LogP contribution is 2.31. The summed E-state index contributed by atoms with van der Waals surface area (Å²) in [7, 11) is -4.05. The monoisotopic (exact) mass is 479 g/mol. The second kappa shape index (κ2) is 9.48. The average molecular weight is 480 g/mol. The second-order valence-corrected chi connectivity index (χ2v) is 10.4. The normalized spacial score (nSPS) is 16.0. The molecule has 0 aliphatic carbocycles. The molecule has 3 N–H and O–H groups in total. The lowest BCUT2D eigenvalue weighted by atomic mass is 9.88. The first-order chi connectivity index (χ1) is 15.4. The highest BCUT2D eigenvalue weighted by Gasteiger charge is 2.44. The summed E-state index contributed by atoms with van der Waals surface area (Å²) < 4.78 is 57.1. The van der Waals surface area contributed by atoms with Crippen LogP contribution in [-0.4, -0.2) is 33.0 Å². The minimum atomic E-state index is -4.05. The van der Waals surface area contributed by atoms with E-state index >= 15 is 0 Å². The number of hydrogen-bond donors (Lipinski definition) is 3. The van der Waals surface area contributed by atoms with Crippen molar-refractivity contribution in [3.8, 4) is 0 Å². The minimum Gasteiger partial charge on any atom is -0.350 e. The Morgan fingerprint density at radius 2 is 1.52 bits per heavy atom. The Kier molecular flexibility index (Phi) is 7.26. The number of carbonyl (C=O) groups excluding carboxylic acids is 1. The first-order valence-electron chi connectivity index (χ1n) is 10.9. The first-order valence-corrected chi connectivity index (χ1v) is 12.4. The molecular weight excluding hydrogens is 448 g/mol. The van der Waals surface area contributed by atoms with Gasteiger partial charge in [0, 0.05) is 18.2 Å². The third kappa shape index (κ3) is 4.95. The number of halogens is 2. The maximum atomic E-state index is 14.0. The van der Waals surface area contributed by atoms with Crippen LogP contribution in [0.3, 0.4) is 0 Å². The van der Waals surface area contributed by atoms with E-state index in [0.29, 0.717) is 24.2 Å². The predicted molar refractivity (Wildman–Crippen MR) is 123 cm³/mol. The van der Waals surface area contributed by atoms with Gasteiger partial charge in [-0.25, -0.2) is 17.2 Å². The quantitative estimate of drug-likeness (QED) is 0.594. The molecule has 0 bridgehead atoms. The Hall–Kier alpha value is -2.36. The van der Waals surface area contributed by atoms with Crippen molar-refractivity contribution in [1.29, 1.82) is 0 Å². The Bertz CT molecular complexity index is 1160. The summed E-state index contributed by atoms with van der Waals surface area (Å²) in [6.45, 7) is 10.0. The predicted octanol–water partition coefficient (Wildman–Crippen LogP) is 3.22. The summed E-state index contributed by atoms with van der Waals surface area (Å²) in [5.41, 5.74) is 2.88. The fourth-order valence-electron chi connectivity index (χ4n) is 4.42. The Labute approximate surface area is 194 Å². The summed E-state index contributed by atoms with van der Waals surface area (Å²) in [6.07, 6.45) is 0.484. The van der Waals surface area contributed by atoms with E-state index in [1.165, 1.54) is 6.07 Å². The van der Waals surface area contributed by atoms with Crippen molar-refractivity contribution < 1.29 is 22.0 Å². The molecule has 1 amide bonds. The van der Waals surface area contributed by atoms with Crippen LogP contribution in [-0.2, 0) is 21.4 Å². The van der Waals surface area contributed by atoms with Crippen molar-refractivity contribution in [2.45, 2.75) is 64.4 Å². The van der Waals surface area contributed by atoms with Crippen LogP contribution in [0.1, 0.15) is 46.2 Å². The van der Waals surface area contributed by atoms with E-state index in [4.69, 9.17) is 0 Å². The molecule has 1 aliphatic rings. The summed E-state index contributed by atoms with van der Waals surface area (Å²) in [5.74, 6) is -2.01. The van der Waals surface area contributed by atoms with Crippen LogP contribution in [0.25, 0.3) is 0 Å². The molecule has 1 aliphatic heterocycles. The molecule has 0 atom stereocenters. The van der Waals surface area contributed by atoms with Gasteiger partial charge in [0.15, 0.2) is 0 Å². The van der Waals surface area contributed by atoms with Gasteiger partial charge in [-0.15, -0.1) is 0 Å². The zero-order chi connectivity index (χ0) is 24.6. The summed E-state index contributed by atoms with van der Waals surface area (Å²) >= 11 is 0. The van der Waals surface area contributed by atoms with Crippen LogP contribution in [0.15, 0.2) is 23.1 Å². The topological polar surface area (TPSA) is 87.3 Å². The van der Waals surface area contributed by atoms with Crippen molar-refractivity contribution in [3.63, 3.8) is 0 Å². The maximum absolute atomic E-state index is 14.0. The molecule has 6 nitrogen and oxygen atoms in total. The number of rotatable bonds is 6.